The molecule has 0 bridgehead atoms. The number of thiazole rings is 1. The van der Waals surface area contributed by atoms with Gasteiger partial charge in [-0.15, -0.1) is 11.3 Å². The summed E-state index contributed by atoms with van der Waals surface area (Å²) in [6.45, 7) is 9.50. The van der Waals surface area contributed by atoms with Crippen LogP contribution in [0.3, 0.4) is 0 Å². The van der Waals surface area contributed by atoms with Gasteiger partial charge in [0, 0.05) is 4.88 Å². The molecule has 0 unspecified atom stereocenters. The van der Waals surface area contributed by atoms with Crippen molar-refractivity contribution in [1.29, 1.82) is 0 Å². The minimum atomic E-state index is -0.482. The zero-order chi connectivity index (χ0) is 12.3. The molecule has 4 nitrogen and oxygen atoms in total. The smallest absolute Gasteiger partial charge is 0.413 e. The predicted octanol–water partition coefficient (Wildman–Crippen LogP) is 3.36. The summed E-state index contributed by atoms with van der Waals surface area (Å²) >= 11 is 1.49. The number of hydrogen-bond acceptors (Lipinski definition) is 4. The molecule has 0 aliphatic rings. The minimum Gasteiger partial charge on any atom is -0.444 e. The molecule has 90 valence electrons. The fourth-order valence-electron chi connectivity index (χ4n) is 1.20. The maximum absolute atomic E-state index is 11.5. The van der Waals surface area contributed by atoms with E-state index in [1.54, 1.807) is 0 Å². The van der Waals surface area contributed by atoms with Crippen molar-refractivity contribution in [3.05, 3.63) is 10.6 Å². The van der Waals surface area contributed by atoms with Crippen LogP contribution in [0.15, 0.2) is 0 Å². The van der Waals surface area contributed by atoms with E-state index in [0.717, 1.165) is 12.1 Å². The number of aromatic nitrogens is 1. The minimum absolute atomic E-state index is 0.455. The highest BCUT2D eigenvalue weighted by molar-refractivity contribution is 7.15. The van der Waals surface area contributed by atoms with Crippen LogP contribution in [0.5, 0.6) is 0 Å². The molecule has 0 saturated carbocycles. The SMILES string of the molecule is CCc1sc(NC(=O)OC(C)(C)C)nc1C. The molecule has 1 rings (SSSR count). The van der Waals surface area contributed by atoms with Crippen LogP contribution in [0.2, 0.25) is 0 Å². The highest BCUT2D eigenvalue weighted by Crippen LogP contribution is 2.23. The van der Waals surface area contributed by atoms with Crippen LogP contribution >= 0.6 is 11.3 Å². The molecule has 5 heteroatoms. The number of nitrogens with one attached hydrogen (secondary N) is 1. The number of nitrogens with zero attached hydrogens (tertiary/aromatic N) is 1. The van der Waals surface area contributed by atoms with Crippen molar-refractivity contribution in [2.24, 2.45) is 0 Å². The van der Waals surface area contributed by atoms with Crippen molar-refractivity contribution >= 4 is 22.6 Å². The highest BCUT2D eigenvalue weighted by Gasteiger charge is 2.17. The van der Waals surface area contributed by atoms with E-state index in [9.17, 15) is 4.79 Å². The van der Waals surface area contributed by atoms with Gasteiger partial charge in [0.15, 0.2) is 5.13 Å². The Morgan fingerprint density at radius 2 is 2.12 bits per heavy atom. The third-order valence-electron chi connectivity index (χ3n) is 1.82. The molecule has 1 amide bonds. The summed E-state index contributed by atoms with van der Waals surface area (Å²) in [4.78, 5) is 16.9. The van der Waals surface area contributed by atoms with E-state index in [0.29, 0.717) is 5.13 Å². The van der Waals surface area contributed by atoms with E-state index in [1.807, 2.05) is 27.7 Å². The topological polar surface area (TPSA) is 51.2 Å². The van der Waals surface area contributed by atoms with Gasteiger partial charge in [-0.25, -0.2) is 9.78 Å². The normalized spacial score (nSPS) is 11.3. The van der Waals surface area contributed by atoms with E-state index >= 15 is 0 Å². The van der Waals surface area contributed by atoms with E-state index < -0.39 is 11.7 Å². The van der Waals surface area contributed by atoms with Crippen LogP contribution in [0.4, 0.5) is 9.93 Å². The highest BCUT2D eigenvalue weighted by atomic mass is 32.1. The van der Waals surface area contributed by atoms with Gasteiger partial charge >= 0.3 is 6.09 Å². The monoisotopic (exact) mass is 242 g/mol. The van der Waals surface area contributed by atoms with Crippen LogP contribution < -0.4 is 5.32 Å². The first-order valence-electron chi connectivity index (χ1n) is 5.28. The van der Waals surface area contributed by atoms with E-state index in [1.165, 1.54) is 16.2 Å². The molecule has 0 fully saturated rings. The van der Waals surface area contributed by atoms with Crippen molar-refractivity contribution in [3.63, 3.8) is 0 Å². The van der Waals surface area contributed by atoms with Gasteiger partial charge in [-0.3, -0.25) is 5.32 Å². The zero-order valence-electron chi connectivity index (χ0n) is 10.4. The van der Waals surface area contributed by atoms with Crippen LogP contribution in [-0.4, -0.2) is 16.7 Å². The Labute approximate surface area is 100 Å². The van der Waals surface area contributed by atoms with E-state index in [2.05, 4.69) is 17.2 Å². The quantitative estimate of drug-likeness (QED) is 0.865. The lowest BCUT2D eigenvalue weighted by Crippen LogP contribution is -2.27. The summed E-state index contributed by atoms with van der Waals surface area (Å²) < 4.78 is 5.14. The predicted molar refractivity (Wildman–Crippen MR) is 66.1 cm³/mol. The van der Waals surface area contributed by atoms with Gasteiger partial charge in [-0.1, -0.05) is 6.92 Å². The lowest BCUT2D eigenvalue weighted by atomic mass is 10.2. The lowest BCUT2D eigenvalue weighted by Gasteiger charge is -2.18. The number of hydrogen-bond donors (Lipinski definition) is 1. The molecule has 16 heavy (non-hydrogen) atoms. The van der Waals surface area contributed by atoms with Crippen LogP contribution in [-0.2, 0) is 11.2 Å². The van der Waals surface area contributed by atoms with Crippen molar-refractivity contribution in [3.8, 4) is 0 Å². The second-order valence-corrected chi connectivity index (χ2v) is 5.59. The molecule has 1 aromatic rings. The van der Waals surface area contributed by atoms with E-state index in [4.69, 9.17) is 4.74 Å². The molecule has 0 atom stereocenters. The summed E-state index contributed by atoms with van der Waals surface area (Å²) in [5.74, 6) is 0. The molecule has 1 N–H and O–H groups in total. The standard InChI is InChI=1S/C11H18N2O2S/c1-6-8-7(2)12-9(16-8)13-10(14)15-11(3,4)5/h6H2,1-5H3,(H,12,13,14). The molecule has 0 spiro atoms. The molecular formula is C11H18N2O2S. The second kappa shape index (κ2) is 4.82. The Morgan fingerprint density at radius 1 is 1.50 bits per heavy atom. The fourth-order valence-corrected chi connectivity index (χ4v) is 2.09. The van der Waals surface area contributed by atoms with Gasteiger partial charge in [0.05, 0.1) is 5.69 Å². The van der Waals surface area contributed by atoms with Crippen LogP contribution in [0.1, 0.15) is 38.3 Å². The number of carbonyl (C=O) groups is 1. The molecule has 1 heterocycles. The third kappa shape index (κ3) is 3.81. The molecule has 0 aliphatic carbocycles. The summed E-state index contributed by atoms with van der Waals surface area (Å²) in [6, 6.07) is 0. The number of anilines is 1. The van der Waals surface area contributed by atoms with Crippen molar-refractivity contribution < 1.29 is 9.53 Å². The first-order chi connectivity index (χ1) is 7.31. The van der Waals surface area contributed by atoms with Gasteiger partial charge in [0.1, 0.15) is 5.60 Å². The molecular weight excluding hydrogens is 224 g/mol. The van der Waals surface area contributed by atoms with Crippen molar-refractivity contribution in [2.75, 3.05) is 5.32 Å². The Kier molecular flexibility index (Phi) is 3.91. The Balaban J connectivity index is 2.63. The van der Waals surface area contributed by atoms with Crippen molar-refractivity contribution in [1.82, 2.24) is 4.98 Å². The summed E-state index contributed by atoms with van der Waals surface area (Å²) in [5, 5.41) is 3.24. The average molecular weight is 242 g/mol. The van der Waals surface area contributed by atoms with Gasteiger partial charge in [0.2, 0.25) is 0 Å². The Morgan fingerprint density at radius 3 is 2.56 bits per heavy atom. The number of ether oxygens (including phenoxy) is 1. The van der Waals surface area contributed by atoms with Gasteiger partial charge in [0.25, 0.3) is 0 Å². The van der Waals surface area contributed by atoms with E-state index in [-0.39, 0.29) is 0 Å². The summed E-state index contributed by atoms with van der Waals surface area (Å²) in [5.41, 5.74) is 0.489. The average Bonchev–Trinajstić information content (AvgIpc) is 2.42. The fraction of sp³-hybridized carbons (Fsp3) is 0.636. The number of carbonyl (C=O) groups excluding carboxylic acids is 1. The maximum Gasteiger partial charge on any atom is 0.413 e. The number of rotatable bonds is 2. The largest absolute Gasteiger partial charge is 0.444 e. The molecule has 1 aromatic heterocycles. The summed E-state index contributed by atoms with van der Waals surface area (Å²) in [6.07, 6.45) is 0.475. The molecule has 0 aromatic carbocycles. The lowest BCUT2D eigenvalue weighted by molar-refractivity contribution is 0.0636. The molecule has 0 aliphatic heterocycles. The first kappa shape index (κ1) is 13.0. The van der Waals surface area contributed by atoms with Crippen molar-refractivity contribution in [2.45, 2.75) is 46.6 Å². The van der Waals surface area contributed by atoms with Gasteiger partial charge in [-0.05, 0) is 34.1 Å². The van der Waals surface area contributed by atoms with Gasteiger partial charge in [-0.2, -0.15) is 0 Å². The van der Waals surface area contributed by atoms with Crippen LogP contribution in [0.25, 0.3) is 0 Å². The number of amides is 1. The second-order valence-electron chi connectivity index (χ2n) is 4.51. The van der Waals surface area contributed by atoms with Gasteiger partial charge < -0.3 is 4.74 Å². The maximum atomic E-state index is 11.5. The zero-order valence-corrected chi connectivity index (χ0v) is 11.2. The first-order valence-corrected chi connectivity index (χ1v) is 6.09. The van der Waals surface area contributed by atoms with Crippen LogP contribution in [0, 0.1) is 6.92 Å². The molecule has 0 radical (unpaired) electrons. The Bertz CT molecular complexity index is 380. The third-order valence-corrected chi connectivity index (χ3v) is 3.04. The number of aryl methyl sites for hydroxylation is 2. The molecule has 0 saturated heterocycles. The summed E-state index contributed by atoms with van der Waals surface area (Å²) in [7, 11) is 0. The Hall–Kier alpha value is -1.10.